The van der Waals surface area contributed by atoms with Gasteiger partial charge in [-0.1, -0.05) is 6.07 Å². The molecule has 1 aliphatic rings. The molecule has 4 rings (SSSR count). The zero-order valence-corrected chi connectivity index (χ0v) is 18.2. The Labute approximate surface area is 209 Å². The van der Waals surface area contributed by atoms with Crippen molar-refractivity contribution in [3.8, 4) is 17.1 Å². The molecule has 3 heterocycles. The molecule has 3 aromatic rings. The molecule has 1 fully saturated rings. The number of carbonyl (C=O) groups is 2. The summed E-state index contributed by atoms with van der Waals surface area (Å²) in [4.78, 5) is 32.2. The number of urea groups is 1. The van der Waals surface area contributed by atoms with E-state index in [9.17, 15) is 9.59 Å². The predicted molar refractivity (Wildman–Crippen MR) is 126 cm³/mol. The molecular formula is C22H27N9O3. The van der Waals surface area contributed by atoms with Gasteiger partial charge in [-0.25, -0.2) is 9.78 Å². The van der Waals surface area contributed by atoms with Crippen molar-refractivity contribution in [1.82, 2.24) is 35.2 Å². The normalized spacial score (nSPS) is 18.6. The minimum Gasteiger partial charge on any atom is -0.494 e. The Kier molecular flexibility index (Phi) is 3.88. The molecule has 12 heteroatoms. The third-order valence-corrected chi connectivity index (χ3v) is 5.07. The standard InChI is InChI=1S/C22H27N9O3/c1-13(2)30-9-10-31(22(30)33)17-11-16(18(27-26-17)21(32)23-3)25-15-8-6-7-14(19(15)34-5)20-24-12-29(4)28-20/h6-8,11-13H,9-10H2,1-5H3,(H,23,32)(H,25,26)/i1D3,2D3,3D3. The van der Waals surface area contributed by atoms with Crippen molar-refractivity contribution in [2.24, 2.45) is 7.05 Å². The van der Waals surface area contributed by atoms with E-state index in [0.29, 0.717) is 11.4 Å². The van der Waals surface area contributed by atoms with Crippen molar-refractivity contribution in [2.75, 3.05) is 37.4 Å². The number of methoxy groups -OCH3 is 1. The number of ether oxygens (including phenoxy) is 1. The van der Waals surface area contributed by atoms with Crippen LogP contribution in [0.3, 0.4) is 0 Å². The largest absolute Gasteiger partial charge is 0.494 e. The lowest BCUT2D eigenvalue weighted by Gasteiger charge is -2.21. The van der Waals surface area contributed by atoms with Crippen LogP contribution in [0.15, 0.2) is 30.6 Å². The van der Waals surface area contributed by atoms with Crippen LogP contribution in [0.1, 0.15) is 36.5 Å². The second kappa shape index (κ2) is 9.33. The summed E-state index contributed by atoms with van der Waals surface area (Å²) in [5.74, 6) is -0.673. The van der Waals surface area contributed by atoms with Crippen molar-refractivity contribution >= 4 is 29.1 Å². The number of carbonyl (C=O) groups excluding carboxylic acids is 2. The molecule has 2 aromatic heterocycles. The highest BCUT2D eigenvalue weighted by atomic mass is 16.5. The van der Waals surface area contributed by atoms with Gasteiger partial charge in [0.1, 0.15) is 6.33 Å². The van der Waals surface area contributed by atoms with Gasteiger partial charge < -0.3 is 20.3 Å². The molecule has 0 unspecified atom stereocenters. The zero-order chi connectivity index (χ0) is 31.9. The number of benzene rings is 1. The van der Waals surface area contributed by atoms with Gasteiger partial charge in [0.15, 0.2) is 23.1 Å². The van der Waals surface area contributed by atoms with Crippen molar-refractivity contribution in [3.63, 3.8) is 0 Å². The van der Waals surface area contributed by atoms with E-state index in [1.807, 2.05) is 5.32 Å². The number of anilines is 3. The molecule has 2 N–H and O–H groups in total. The van der Waals surface area contributed by atoms with Crippen LogP contribution < -0.4 is 20.3 Å². The van der Waals surface area contributed by atoms with Gasteiger partial charge in [0, 0.05) is 51.6 Å². The van der Waals surface area contributed by atoms with Crippen molar-refractivity contribution < 1.29 is 26.7 Å². The van der Waals surface area contributed by atoms with Crippen LogP contribution in [0.25, 0.3) is 11.4 Å². The van der Waals surface area contributed by atoms with Crippen LogP contribution in [0.2, 0.25) is 0 Å². The number of hydrogen-bond acceptors (Lipinski definition) is 8. The molecule has 34 heavy (non-hydrogen) atoms. The summed E-state index contributed by atoms with van der Waals surface area (Å²) in [5.41, 5.74) is 0.225. The first-order valence-electron chi connectivity index (χ1n) is 14.5. The molecule has 0 spiro atoms. The van der Waals surface area contributed by atoms with Gasteiger partial charge in [0.2, 0.25) is 0 Å². The number of rotatable bonds is 7. The van der Waals surface area contributed by atoms with Crippen LogP contribution in [0.5, 0.6) is 5.75 Å². The SMILES string of the molecule is [2H]C([2H])([2H])NC(=O)c1nnc(N2CCN(C(C([2H])([2H])[2H])C([2H])([2H])[2H])C2=O)cc1Nc1cccc(-c2ncn(C)n2)c1OC. The molecule has 0 saturated carbocycles. The highest BCUT2D eigenvalue weighted by Crippen LogP contribution is 2.37. The maximum Gasteiger partial charge on any atom is 0.326 e. The molecular weight excluding hydrogens is 438 g/mol. The van der Waals surface area contributed by atoms with E-state index in [-0.39, 0.29) is 36.0 Å². The molecule has 0 aliphatic carbocycles. The maximum absolute atomic E-state index is 13.3. The quantitative estimate of drug-likeness (QED) is 0.532. The van der Waals surface area contributed by atoms with E-state index in [2.05, 4.69) is 25.6 Å². The summed E-state index contributed by atoms with van der Waals surface area (Å²) in [6.45, 7) is -9.24. The van der Waals surface area contributed by atoms with E-state index >= 15 is 0 Å². The average Bonchev–Trinajstić information content (AvgIpc) is 3.46. The lowest BCUT2D eigenvalue weighted by molar-refractivity contribution is 0.0958. The predicted octanol–water partition coefficient (Wildman–Crippen LogP) is 2.03. The number of nitrogens with one attached hydrogen (secondary N) is 2. The Balaban J connectivity index is 1.76. The second-order valence-electron chi connectivity index (χ2n) is 7.20. The number of hydrogen-bond donors (Lipinski definition) is 2. The van der Waals surface area contributed by atoms with E-state index in [0.717, 1.165) is 9.80 Å². The highest BCUT2D eigenvalue weighted by Gasteiger charge is 2.33. The Morgan fingerprint density at radius 3 is 2.79 bits per heavy atom. The summed E-state index contributed by atoms with van der Waals surface area (Å²) >= 11 is 0. The van der Waals surface area contributed by atoms with E-state index in [1.165, 1.54) is 24.2 Å². The number of para-hydroxylation sites is 1. The summed E-state index contributed by atoms with van der Waals surface area (Å²) in [6.07, 6.45) is 1.49. The van der Waals surface area contributed by atoms with Crippen LogP contribution in [0, 0.1) is 0 Å². The van der Waals surface area contributed by atoms with Crippen molar-refractivity contribution in [2.45, 2.75) is 19.7 Å². The minimum atomic E-state index is -3.00. The van der Waals surface area contributed by atoms with Crippen molar-refractivity contribution in [3.05, 3.63) is 36.3 Å². The molecule has 0 bridgehead atoms. The monoisotopic (exact) mass is 474 g/mol. The maximum atomic E-state index is 13.3. The summed E-state index contributed by atoms with van der Waals surface area (Å²) in [7, 11) is 3.08. The van der Waals surface area contributed by atoms with Gasteiger partial charge >= 0.3 is 6.03 Å². The fraction of sp³-hybridized carbons (Fsp3) is 0.364. The fourth-order valence-corrected chi connectivity index (χ4v) is 3.48. The number of amides is 3. The summed E-state index contributed by atoms with van der Waals surface area (Å²) < 4.78 is 75.5. The molecule has 178 valence electrons. The molecule has 12 nitrogen and oxygen atoms in total. The lowest BCUT2D eigenvalue weighted by atomic mass is 10.1. The van der Waals surface area contributed by atoms with Crippen LogP contribution in [-0.2, 0) is 7.05 Å². The van der Waals surface area contributed by atoms with Gasteiger partial charge in [0.05, 0.1) is 24.0 Å². The van der Waals surface area contributed by atoms with Gasteiger partial charge in [-0.15, -0.1) is 10.2 Å². The van der Waals surface area contributed by atoms with Crippen molar-refractivity contribution in [1.29, 1.82) is 0 Å². The molecule has 1 aromatic carbocycles. The van der Waals surface area contributed by atoms with E-state index in [4.69, 9.17) is 17.1 Å². The zero-order valence-electron chi connectivity index (χ0n) is 27.2. The Bertz CT molecular complexity index is 1510. The third kappa shape index (κ3) is 4.21. The Morgan fingerprint density at radius 2 is 2.09 bits per heavy atom. The smallest absolute Gasteiger partial charge is 0.326 e. The van der Waals surface area contributed by atoms with E-state index < -0.39 is 44.4 Å². The first kappa shape index (κ1) is 14.1. The van der Waals surface area contributed by atoms with Gasteiger partial charge in [-0.05, 0) is 25.8 Å². The molecule has 0 radical (unpaired) electrons. The van der Waals surface area contributed by atoms with E-state index in [1.54, 1.807) is 25.2 Å². The number of nitrogens with zero attached hydrogens (tertiary/aromatic N) is 7. The lowest BCUT2D eigenvalue weighted by Crippen LogP contribution is -2.36. The first-order chi connectivity index (χ1) is 19.9. The molecule has 1 saturated heterocycles. The van der Waals surface area contributed by atoms with Crippen LogP contribution in [-0.4, -0.2) is 75.0 Å². The third-order valence-electron chi connectivity index (χ3n) is 5.07. The Hall–Kier alpha value is -4.22. The van der Waals surface area contributed by atoms with Gasteiger partial charge in [-0.3, -0.25) is 14.4 Å². The highest BCUT2D eigenvalue weighted by molar-refractivity contribution is 6.00. The summed E-state index contributed by atoms with van der Waals surface area (Å²) in [5, 5.41) is 16.8. The van der Waals surface area contributed by atoms with Crippen LogP contribution in [0.4, 0.5) is 22.0 Å². The number of aryl methyl sites for hydroxylation is 1. The average molecular weight is 475 g/mol. The second-order valence-corrected chi connectivity index (χ2v) is 7.20. The molecule has 3 amide bonds. The topological polar surface area (TPSA) is 130 Å². The minimum absolute atomic E-state index is 0.0920. The fourth-order valence-electron chi connectivity index (χ4n) is 3.48. The van der Waals surface area contributed by atoms with Crippen LogP contribution >= 0.6 is 0 Å². The molecule has 1 aliphatic heterocycles. The Morgan fingerprint density at radius 1 is 1.24 bits per heavy atom. The molecule has 0 atom stereocenters. The van der Waals surface area contributed by atoms with Gasteiger partial charge in [-0.2, -0.15) is 5.10 Å². The summed E-state index contributed by atoms with van der Waals surface area (Å²) in [6, 6.07) is 3.16. The number of aromatic nitrogens is 5. The van der Waals surface area contributed by atoms with Gasteiger partial charge in [0.25, 0.3) is 5.91 Å². The first-order valence-corrected chi connectivity index (χ1v) is 9.99.